The third-order valence-electron chi connectivity index (χ3n) is 2.48. The summed E-state index contributed by atoms with van der Waals surface area (Å²) in [7, 11) is 0. The van der Waals surface area contributed by atoms with Crippen molar-refractivity contribution in [2.45, 2.75) is 6.41 Å². The fourth-order valence-corrected chi connectivity index (χ4v) is 1.77. The molecule has 0 N–H and O–H groups in total. The van der Waals surface area contributed by atoms with Crippen LogP contribution < -0.4 is 0 Å². The van der Waals surface area contributed by atoms with Gasteiger partial charge in [-0.2, -0.15) is 0 Å². The van der Waals surface area contributed by atoms with Gasteiger partial charge in [-0.1, -0.05) is 0 Å². The highest BCUT2D eigenvalue weighted by molar-refractivity contribution is 5.50. The van der Waals surface area contributed by atoms with E-state index in [1.165, 1.54) is 0 Å². The molecule has 2 aliphatic heterocycles. The minimum atomic E-state index is -0.153. The topological polar surface area (TPSA) is 35.5 Å². The zero-order chi connectivity index (χ0) is 7.73. The summed E-state index contributed by atoms with van der Waals surface area (Å²) in [6, 6.07) is 0. The SMILES string of the molecule is O=CC[N+]12CCOC1OCC2. The Hall–Kier alpha value is -0.450. The third-order valence-corrected chi connectivity index (χ3v) is 2.48. The monoisotopic (exact) mass is 158 g/mol. The maximum Gasteiger partial charge on any atom is 0.309 e. The van der Waals surface area contributed by atoms with E-state index in [4.69, 9.17) is 9.47 Å². The van der Waals surface area contributed by atoms with Gasteiger partial charge in [-0.15, -0.1) is 0 Å². The lowest BCUT2D eigenvalue weighted by Gasteiger charge is -2.27. The maximum atomic E-state index is 10.4. The van der Waals surface area contributed by atoms with Crippen molar-refractivity contribution in [2.75, 3.05) is 32.8 Å². The van der Waals surface area contributed by atoms with Crippen molar-refractivity contribution >= 4 is 6.29 Å². The molecule has 0 aromatic carbocycles. The zero-order valence-corrected chi connectivity index (χ0v) is 6.36. The molecule has 0 unspecified atom stereocenters. The molecule has 0 aromatic rings. The van der Waals surface area contributed by atoms with E-state index >= 15 is 0 Å². The van der Waals surface area contributed by atoms with Crippen LogP contribution in [0.25, 0.3) is 0 Å². The Morgan fingerprint density at radius 1 is 1.36 bits per heavy atom. The molecule has 2 heterocycles. The molecular formula is C7H12NO3+. The Kier molecular flexibility index (Phi) is 1.67. The number of carbonyl (C=O) groups excluding carboxylic acids is 1. The molecule has 0 radical (unpaired) electrons. The Bertz CT molecular complexity index is 161. The molecule has 0 aromatic heterocycles. The van der Waals surface area contributed by atoms with Crippen molar-refractivity contribution in [1.29, 1.82) is 0 Å². The predicted octanol–water partition coefficient (Wildman–Crippen LogP) is -0.654. The molecule has 2 aliphatic rings. The molecule has 2 rings (SSSR count). The quantitative estimate of drug-likeness (QED) is 0.395. The van der Waals surface area contributed by atoms with Crippen LogP contribution in [0.15, 0.2) is 0 Å². The number of carbonyl (C=O) groups is 1. The lowest BCUT2D eigenvalue weighted by molar-refractivity contribution is -0.942. The first kappa shape index (κ1) is 7.21. The summed E-state index contributed by atoms with van der Waals surface area (Å²) in [6.07, 6.45) is 0.802. The number of hydrogen-bond donors (Lipinski definition) is 0. The summed E-state index contributed by atoms with van der Waals surface area (Å²) in [5, 5.41) is 0. The van der Waals surface area contributed by atoms with Gasteiger partial charge in [0.2, 0.25) is 0 Å². The number of rotatable bonds is 2. The molecule has 0 saturated carbocycles. The first-order valence-electron chi connectivity index (χ1n) is 3.90. The van der Waals surface area contributed by atoms with E-state index in [2.05, 4.69) is 0 Å². The number of hydrogen-bond acceptors (Lipinski definition) is 3. The molecule has 11 heavy (non-hydrogen) atoms. The fourth-order valence-electron chi connectivity index (χ4n) is 1.77. The molecule has 2 fully saturated rings. The second-order valence-electron chi connectivity index (χ2n) is 3.06. The van der Waals surface area contributed by atoms with Crippen LogP contribution in [0.1, 0.15) is 0 Å². The lowest BCUT2D eigenvalue weighted by atomic mass is 10.4. The summed E-state index contributed by atoms with van der Waals surface area (Å²) < 4.78 is 11.3. The van der Waals surface area contributed by atoms with Crippen LogP contribution in [-0.4, -0.2) is 50.0 Å². The van der Waals surface area contributed by atoms with Gasteiger partial charge in [-0.25, -0.2) is 0 Å². The smallest absolute Gasteiger partial charge is 0.300 e. The number of aldehydes is 1. The van der Waals surface area contributed by atoms with Gasteiger partial charge in [0.15, 0.2) is 6.29 Å². The van der Waals surface area contributed by atoms with E-state index in [1.54, 1.807) is 0 Å². The van der Waals surface area contributed by atoms with E-state index in [1.807, 2.05) is 0 Å². The first-order chi connectivity index (χ1) is 5.37. The van der Waals surface area contributed by atoms with Gasteiger partial charge >= 0.3 is 6.41 Å². The van der Waals surface area contributed by atoms with Crippen molar-refractivity contribution in [3.8, 4) is 0 Å². The largest absolute Gasteiger partial charge is 0.309 e. The molecule has 0 spiro atoms. The number of ether oxygens (including phenoxy) is 2. The summed E-state index contributed by atoms with van der Waals surface area (Å²) in [5.74, 6) is 0. The van der Waals surface area contributed by atoms with Crippen LogP contribution >= 0.6 is 0 Å². The van der Waals surface area contributed by atoms with E-state index in [-0.39, 0.29) is 6.41 Å². The number of nitrogens with zero attached hydrogens (tertiary/aromatic N) is 1. The molecule has 0 amide bonds. The molecule has 0 aliphatic carbocycles. The molecule has 4 nitrogen and oxygen atoms in total. The van der Waals surface area contributed by atoms with Crippen molar-refractivity contribution in [2.24, 2.45) is 0 Å². The molecule has 2 saturated heterocycles. The van der Waals surface area contributed by atoms with Crippen LogP contribution in [0, 0.1) is 0 Å². The van der Waals surface area contributed by atoms with Crippen LogP contribution in [0.5, 0.6) is 0 Å². The van der Waals surface area contributed by atoms with Gasteiger partial charge in [0, 0.05) is 0 Å². The van der Waals surface area contributed by atoms with E-state index < -0.39 is 0 Å². The molecule has 0 atom stereocenters. The third kappa shape index (κ3) is 0.982. The van der Waals surface area contributed by atoms with Gasteiger partial charge in [-0.05, 0) is 0 Å². The Labute approximate surface area is 65.3 Å². The Balaban J connectivity index is 2.13. The summed E-state index contributed by atoms with van der Waals surface area (Å²) in [4.78, 5) is 10.4. The highest BCUT2D eigenvalue weighted by atomic mass is 16.7. The van der Waals surface area contributed by atoms with E-state index in [0.717, 1.165) is 32.6 Å². The summed E-state index contributed by atoms with van der Waals surface area (Å²) >= 11 is 0. The lowest BCUT2D eigenvalue weighted by Crippen LogP contribution is -2.49. The normalized spacial score (nSPS) is 42.4. The number of quaternary nitrogens is 1. The summed E-state index contributed by atoms with van der Waals surface area (Å²) in [5.41, 5.74) is 0. The average molecular weight is 158 g/mol. The molecule has 62 valence electrons. The zero-order valence-electron chi connectivity index (χ0n) is 6.36. The van der Waals surface area contributed by atoms with Gasteiger partial charge in [0.25, 0.3) is 0 Å². The fraction of sp³-hybridized carbons (Fsp3) is 0.857. The molecule has 0 bridgehead atoms. The van der Waals surface area contributed by atoms with Crippen LogP contribution in [-0.2, 0) is 14.3 Å². The van der Waals surface area contributed by atoms with Crippen molar-refractivity contribution in [3.63, 3.8) is 0 Å². The van der Waals surface area contributed by atoms with Crippen molar-refractivity contribution in [3.05, 3.63) is 0 Å². The second-order valence-corrected chi connectivity index (χ2v) is 3.06. The van der Waals surface area contributed by atoms with E-state index in [0.29, 0.717) is 11.0 Å². The Morgan fingerprint density at radius 3 is 2.55 bits per heavy atom. The maximum absolute atomic E-state index is 10.4. The second kappa shape index (κ2) is 2.55. The minimum absolute atomic E-state index is 0.153. The summed E-state index contributed by atoms with van der Waals surface area (Å²) in [6.45, 7) is 3.81. The molecular weight excluding hydrogens is 146 g/mol. The minimum Gasteiger partial charge on any atom is -0.300 e. The van der Waals surface area contributed by atoms with E-state index in [9.17, 15) is 4.79 Å². The molecule has 4 heteroatoms. The van der Waals surface area contributed by atoms with Gasteiger partial charge < -0.3 is 0 Å². The van der Waals surface area contributed by atoms with Gasteiger partial charge in [0.1, 0.15) is 32.8 Å². The predicted molar refractivity (Wildman–Crippen MR) is 36.6 cm³/mol. The standard InChI is InChI=1S/C7H12NO3/c9-4-1-8-2-5-10-7(8)11-6-3-8/h4,7H,1-3,5-6H2/q+1. The van der Waals surface area contributed by atoms with Crippen LogP contribution in [0.3, 0.4) is 0 Å². The van der Waals surface area contributed by atoms with Crippen LogP contribution in [0.2, 0.25) is 0 Å². The van der Waals surface area contributed by atoms with Crippen LogP contribution in [0.4, 0.5) is 0 Å². The van der Waals surface area contributed by atoms with Gasteiger partial charge in [-0.3, -0.25) is 18.8 Å². The van der Waals surface area contributed by atoms with Gasteiger partial charge in [0.05, 0.1) is 0 Å². The van der Waals surface area contributed by atoms with Crippen molar-refractivity contribution in [1.82, 2.24) is 0 Å². The number of fused-ring (bicyclic) bond motifs is 1. The van der Waals surface area contributed by atoms with Crippen molar-refractivity contribution < 1.29 is 18.8 Å². The first-order valence-corrected chi connectivity index (χ1v) is 3.90. The average Bonchev–Trinajstić information content (AvgIpc) is 2.45. The Morgan fingerprint density at radius 2 is 2.00 bits per heavy atom. The highest BCUT2D eigenvalue weighted by Crippen LogP contribution is 2.26. The highest BCUT2D eigenvalue weighted by Gasteiger charge is 2.47.